The van der Waals surface area contributed by atoms with E-state index in [0.717, 1.165) is 36.6 Å². The van der Waals surface area contributed by atoms with Crippen LogP contribution in [0.15, 0.2) is 60.2 Å². The van der Waals surface area contributed by atoms with Gasteiger partial charge in [0.2, 0.25) is 0 Å². The van der Waals surface area contributed by atoms with Crippen molar-refractivity contribution < 1.29 is 9.18 Å². The Labute approximate surface area is 185 Å². The molecule has 6 nitrogen and oxygen atoms in total. The van der Waals surface area contributed by atoms with Crippen molar-refractivity contribution >= 4 is 22.4 Å². The second kappa shape index (κ2) is 9.15. The molecular weight excluding hydrogens is 407 g/mol. The summed E-state index contributed by atoms with van der Waals surface area (Å²) < 4.78 is 14.8. The van der Waals surface area contributed by atoms with E-state index in [1.54, 1.807) is 30.6 Å². The molecule has 4 rings (SSSR count). The Morgan fingerprint density at radius 1 is 1.25 bits per heavy atom. The number of allylic oxidation sites excluding steroid dienone is 1. The number of rotatable bonds is 6. The van der Waals surface area contributed by atoms with Gasteiger partial charge in [0.25, 0.3) is 5.56 Å². The molecule has 0 atom stereocenters. The van der Waals surface area contributed by atoms with Gasteiger partial charge in [-0.25, -0.2) is 4.39 Å². The van der Waals surface area contributed by atoms with E-state index in [2.05, 4.69) is 22.9 Å². The van der Waals surface area contributed by atoms with Gasteiger partial charge in [0.1, 0.15) is 17.4 Å². The van der Waals surface area contributed by atoms with Gasteiger partial charge in [-0.15, -0.1) is 0 Å². The summed E-state index contributed by atoms with van der Waals surface area (Å²) in [7, 11) is 0. The minimum Gasteiger partial charge on any atom is -0.381 e. The van der Waals surface area contributed by atoms with Crippen LogP contribution in [0.4, 0.5) is 10.1 Å². The van der Waals surface area contributed by atoms with Gasteiger partial charge >= 0.3 is 0 Å². The van der Waals surface area contributed by atoms with Crippen LogP contribution in [0, 0.1) is 23.1 Å². The molecule has 0 amide bonds. The molecule has 0 radical (unpaired) electrons. The number of nitrogens with zero attached hydrogens (tertiary/aromatic N) is 3. The fraction of sp³-hybridized carbons (Fsp3) is 0.280. The lowest BCUT2D eigenvalue weighted by Gasteiger charge is -2.29. The Bertz CT molecular complexity index is 1270. The maximum atomic E-state index is 13.3. The first-order chi connectivity index (χ1) is 15.5. The van der Waals surface area contributed by atoms with Crippen LogP contribution in [0.1, 0.15) is 36.8 Å². The number of carbonyl (C=O) groups excluding carboxylic acids is 1. The average Bonchev–Trinajstić information content (AvgIpc) is 2.83. The lowest BCUT2D eigenvalue weighted by molar-refractivity contribution is -0.119. The highest BCUT2D eigenvalue weighted by molar-refractivity contribution is 5.94. The van der Waals surface area contributed by atoms with Gasteiger partial charge in [0.05, 0.1) is 23.9 Å². The molecule has 2 heterocycles. The monoisotopic (exact) mass is 430 g/mol. The minimum atomic E-state index is -0.421. The van der Waals surface area contributed by atoms with E-state index >= 15 is 0 Å². The standard InChI is InChI=1S/C25H23FN4O2/c1-2-23(31)17-5-9-19(10-6-17)29-24-20-11-12-28-14-22(20)30(25(32)21(24)13-27)15-16-3-7-18(26)8-4-16/h2-4,7-8,11-12,14,17,19,29H,1,5-6,9-10,15H2. The van der Waals surface area contributed by atoms with E-state index in [-0.39, 0.29) is 35.7 Å². The minimum absolute atomic E-state index is 0.00867. The number of carbonyl (C=O) groups is 1. The van der Waals surface area contributed by atoms with Gasteiger partial charge in [0.15, 0.2) is 5.78 Å². The van der Waals surface area contributed by atoms with Gasteiger partial charge in [-0.1, -0.05) is 18.7 Å². The average molecular weight is 430 g/mol. The highest BCUT2D eigenvalue weighted by Crippen LogP contribution is 2.31. The number of anilines is 1. The number of aromatic nitrogens is 2. The summed E-state index contributed by atoms with van der Waals surface area (Å²) >= 11 is 0. The van der Waals surface area contributed by atoms with E-state index in [9.17, 15) is 19.2 Å². The number of halogens is 1. The van der Waals surface area contributed by atoms with Crippen molar-refractivity contribution in [1.29, 1.82) is 5.26 Å². The summed E-state index contributed by atoms with van der Waals surface area (Å²) in [5, 5.41) is 14.0. The molecule has 0 aliphatic heterocycles. The number of ketones is 1. The van der Waals surface area contributed by atoms with Crippen LogP contribution in [0.2, 0.25) is 0 Å². The first-order valence-corrected chi connectivity index (χ1v) is 10.6. The summed E-state index contributed by atoms with van der Waals surface area (Å²) in [4.78, 5) is 29.4. The van der Waals surface area contributed by atoms with Crippen molar-refractivity contribution in [3.8, 4) is 6.07 Å². The number of pyridine rings is 2. The molecule has 1 aliphatic carbocycles. The van der Waals surface area contributed by atoms with Crippen LogP contribution in [0.25, 0.3) is 10.9 Å². The van der Waals surface area contributed by atoms with E-state index in [0.29, 0.717) is 11.2 Å². The van der Waals surface area contributed by atoms with Crippen molar-refractivity contribution in [2.24, 2.45) is 5.92 Å². The Balaban J connectivity index is 1.71. The lowest BCUT2D eigenvalue weighted by atomic mass is 9.83. The molecule has 7 heteroatoms. The first-order valence-electron chi connectivity index (χ1n) is 10.6. The number of hydrogen-bond acceptors (Lipinski definition) is 5. The number of hydrogen-bond donors (Lipinski definition) is 1. The third kappa shape index (κ3) is 4.17. The Hall–Kier alpha value is -3.79. The number of nitriles is 1. The fourth-order valence-electron chi connectivity index (χ4n) is 4.37. The van der Waals surface area contributed by atoms with E-state index in [4.69, 9.17) is 0 Å². The van der Waals surface area contributed by atoms with Gasteiger partial charge in [-0.2, -0.15) is 5.26 Å². The molecule has 3 aromatic rings. The van der Waals surface area contributed by atoms with Crippen molar-refractivity contribution in [3.05, 3.63) is 82.7 Å². The van der Waals surface area contributed by atoms with Crippen LogP contribution in [0.5, 0.6) is 0 Å². The first kappa shape index (κ1) is 21.4. The Kier molecular flexibility index (Phi) is 6.13. The van der Waals surface area contributed by atoms with Crippen molar-refractivity contribution in [2.45, 2.75) is 38.3 Å². The summed E-state index contributed by atoms with van der Waals surface area (Å²) in [6.45, 7) is 3.77. The third-order valence-corrected chi connectivity index (χ3v) is 6.11. The van der Waals surface area contributed by atoms with Crippen LogP contribution in [0.3, 0.4) is 0 Å². The molecule has 0 bridgehead atoms. The molecule has 2 aromatic heterocycles. The topological polar surface area (TPSA) is 87.8 Å². The summed E-state index contributed by atoms with van der Waals surface area (Å²) in [5.41, 5.74) is 1.46. The van der Waals surface area contributed by atoms with Gasteiger partial charge in [-0.3, -0.25) is 14.6 Å². The van der Waals surface area contributed by atoms with Gasteiger partial charge < -0.3 is 9.88 Å². The maximum absolute atomic E-state index is 13.3. The van der Waals surface area contributed by atoms with Gasteiger partial charge in [0, 0.05) is 23.5 Å². The molecule has 1 aromatic carbocycles. The zero-order chi connectivity index (χ0) is 22.7. The molecule has 1 aliphatic rings. The Morgan fingerprint density at radius 3 is 2.62 bits per heavy atom. The van der Waals surface area contributed by atoms with Crippen LogP contribution in [-0.2, 0) is 11.3 Å². The van der Waals surface area contributed by atoms with Gasteiger partial charge in [-0.05, 0) is 55.5 Å². The zero-order valence-corrected chi connectivity index (χ0v) is 17.6. The molecular formula is C25H23FN4O2. The molecule has 1 fully saturated rings. The van der Waals surface area contributed by atoms with Crippen LogP contribution < -0.4 is 10.9 Å². The molecule has 162 valence electrons. The molecule has 32 heavy (non-hydrogen) atoms. The second-order valence-corrected chi connectivity index (χ2v) is 8.07. The van der Waals surface area contributed by atoms with E-state index < -0.39 is 5.56 Å². The quantitative estimate of drug-likeness (QED) is 0.593. The maximum Gasteiger partial charge on any atom is 0.271 e. The SMILES string of the molecule is C=CC(=O)C1CCC(Nc2c(C#N)c(=O)n(Cc3ccc(F)cc3)c3cnccc23)CC1. The molecule has 0 saturated heterocycles. The third-order valence-electron chi connectivity index (χ3n) is 6.11. The largest absolute Gasteiger partial charge is 0.381 e. The van der Waals surface area contributed by atoms with Crippen molar-refractivity contribution in [3.63, 3.8) is 0 Å². The number of nitrogens with one attached hydrogen (secondary N) is 1. The van der Waals surface area contributed by atoms with Crippen molar-refractivity contribution in [1.82, 2.24) is 9.55 Å². The zero-order valence-electron chi connectivity index (χ0n) is 17.6. The number of fused-ring (bicyclic) bond motifs is 1. The molecule has 0 spiro atoms. The van der Waals surface area contributed by atoms with E-state index in [1.165, 1.54) is 22.8 Å². The summed E-state index contributed by atoms with van der Waals surface area (Å²) in [6.07, 6.45) is 7.62. The summed E-state index contributed by atoms with van der Waals surface area (Å²) in [6, 6.07) is 9.83. The predicted molar refractivity (Wildman–Crippen MR) is 121 cm³/mol. The lowest BCUT2D eigenvalue weighted by Crippen LogP contribution is -2.31. The van der Waals surface area contributed by atoms with Crippen molar-refractivity contribution in [2.75, 3.05) is 5.32 Å². The van der Waals surface area contributed by atoms with Crippen LogP contribution >= 0.6 is 0 Å². The highest BCUT2D eigenvalue weighted by Gasteiger charge is 2.26. The van der Waals surface area contributed by atoms with E-state index in [1.807, 2.05) is 0 Å². The predicted octanol–water partition coefficient (Wildman–Crippen LogP) is 4.18. The smallest absolute Gasteiger partial charge is 0.271 e. The summed E-state index contributed by atoms with van der Waals surface area (Å²) in [5.74, 6) is -0.291. The molecule has 0 unspecified atom stereocenters. The molecule has 1 N–H and O–H groups in total. The fourth-order valence-corrected chi connectivity index (χ4v) is 4.37. The van der Waals surface area contributed by atoms with Crippen LogP contribution in [-0.4, -0.2) is 21.4 Å². The second-order valence-electron chi connectivity index (χ2n) is 8.07. The number of benzene rings is 1. The highest BCUT2D eigenvalue weighted by atomic mass is 19.1. The molecule has 1 saturated carbocycles. The Morgan fingerprint density at radius 2 is 1.97 bits per heavy atom. The normalized spacial score (nSPS) is 18.1.